The third-order valence-corrected chi connectivity index (χ3v) is 5.17. The van der Waals surface area contributed by atoms with Gasteiger partial charge in [-0.1, -0.05) is 70.8 Å². The number of nitro benzene ring substituents is 1. The molecule has 142 valence electrons. The van der Waals surface area contributed by atoms with Gasteiger partial charge in [0.2, 0.25) is 0 Å². The maximum atomic E-state index is 11.1. The molecule has 0 radical (unpaired) electrons. The topological polar surface area (TPSA) is 100 Å². The molecule has 0 aliphatic rings. The van der Waals surface area contributed by atoms with Gasteiger partial charge in [-0.25, -0.2) is 8.42 Å². The molecule has 0 aromatic heterocycles. The van der Waals surface area contributed by atoms with Crippen LogP contribution >= 0.6 is 0 Å². The Morgan fingerprint density at radius 1 is 0.920 bits per heavy atom. The first-order chi connectivity index (χ1) is 11.9. The van der Waals surface area contributed by atoms with Crippen molar-refractivity contribution in [2.45, 2.75) is 82.4 Å². The second-order valence-corrected chi connectivity index (χ2v) is 7.81. The highest BCUT2D eigenvalue weighted by molar-refractivity contribution is 7.85. The van der Waals surface area contributed by atoms with Gasteiger partial charge in [0.25, 0.3) is 5.69 Å². The lowest BCUT2D eigenvalue weighted by atomic mass is 10.0. The predicted octanol–water partition coefficient (Wildman–Crippen LogP) is 4.96. The van der Waals surface area contributed by atoms with Gasteiger partial charge in [-0.05, 0) is 18.9 Å². The van der Waals surface area contributed by atoms with Crippen molar-refractivity contribution in [3.05, 3.63) is 33.9 Å². The molecule has 1 rings (SSSR count). The van der Waals surface area contributed by atoms with Crippen LogP contribution in [0.15, 0.2) is 23.1 Å². The monoisotopic (exact) mass is 370 g/mol. The quantitative estimate of drug-likeness (QED) is 0.211. The second-order valence-electron chi connectivity index (χ2n) is 6.43. The zero-order valence-electron chi connectivity index (χ0n) is 14.9. The van der Waals surface area contributed by atoms with Crippen LogP contribution in [-0.4, -0.2) is 17.9 Å². The van der Waals surface area contributed by atoms with E-state index in [1.54, 1.807) is 0 Å². The van der Waals surface area contributed by atoms with Crippen molar-refractivity contribution in [2.75, 3.05) is 0 Å². The summed E-state index contributed by atoms with van der Waals surface area (Å²) in [6.45, 7) is 2.21. The van der Waals surface area contributed by atoms with E-state index in [1.165, 1.54) is 51.0 Å². The van der Waals surface area contributed by atoms with Crippen molar-refractivity contribution in [1.82, 2.24) is 0 Å². The van der Waals surface area contributed by atoms with Crippen LogP contribution in [-0.2, 0) is 16.5 Å². The largest absolute Gasteiger partial charge is 0.744 e. The second kappa shape index (κ2) is 11.2. The molecule has 0 spiro atoms. The van der Waals surface area contributed by atoms with Gasteiger partial charge in [0, 0.05) is 11.6 Å². The van der Waals surface area contributed by atoms with Crippen LogP contribution in [0, 0.1) is 10.1 Å². The van der Waals surface area contributed by atoms with Gasteiger partial charge in [0.1, 0.15) is 10.1 Å². The van der Waals surface area contributed by atoms with Gasteiger partial charge in [0.05, 0.1) is 9.82 Å². The standard InChI is InChI=1S/C18H29NO5S/c1-2-3-4-5-6-7-8-9-10-11-12-16-13-14-17(25(22,23)24)15-18(16)19(20)21/h13-15H,2-12H2,1H3,(H,22,23,24)/p-1. The molecule has 0 aliphatic carbocycles. The Hall–Kier alpha value is -1.47. The van der Waals surface area contributed by atoms with Crippen LogP contribution in [0.3, 0.4) is 0 Å². The van der Waals surface area contributed by atoms with E-state index < -0.39 is 19.9 Å². The Bertz CT molecular complexity index is 643. The molecule has 0 aliphatic heterocycles. The van der Waals surface area contributed by atoms with Crippen molar-refractivity contribution >= 4 is 15.8 Å². The fourth-order valence-electron chi connectivity index (χ4n) is 2.88. The lowest BCUT2D eigenvalue weighted by Crippen LogP contribution is -2.02. The van der Waals surface area contributed by atoms with Crippen LogP contribution in [0.25, 0.3) is 0 Å². The first-order valence-electron chi connectivity index (χ1n) is 9.09. The van der Waals surface area contributed by atoms with E-state index in [4.69, 9.17) is 0 Å². The van der Waals surface area contributed by atoms with Gasteiger partial charge >= 0.3 is 0 Å². The highest BCUT2D eigenvalue weighted by Gasteiger charge is 2.16. The lowest BCUT2D eigenvalue weighted by molar-refractivity contribution is -0.385. The highest BCUT2D eigenvalue weighted by atomic mass is 32.2. The maximum Gasteiger partial charge on any atom is 0.273 e. The fourth-order valence-corrected chi connectivity index (χ4v) is 3.37. The van der Waals surface area contributed by atoms with Crippen LogP contribution < -0.4 is 0 Å². The number of unbranched alkanes of at least 4 members (excludes halogenated alkanes) is 9. The van der Waals surface area contributed by atoms with Crippen LogP contribution in [0.5, 0.6) is 0 Å². The minimum atomic E-state index is -4.67. The molecule has 1 aromatic carbocycles. The van der Waals surface area contributed by atoms with E-state index >= 15 is 0 Å². The average Bonchev–Trinajstić information content (AvgIpc) is 2.55. The summed E-state index contributed by atoms with van der Waals surface area (Å²) in [6, 6.07) is 3.41. The van der Waals surface area contributed by atoms with E-state index in [0.29, 0.717) is 12.0 Å². The summed E-state index contributed by atoms with van der Waals surface area (Å²) in [5.74, 6) is 0. The Morgan fingerprint density at radius 2 is 1.44 bits per heavy atom. The molecule has 25 heavy (non-hydrogen) atoms. The minimum absolute atomic E-state index is 0.284. The molecule has 1 aromatic rings. The number of nitrogens with zero attached hydrogens (tertiary/aromatic N) is 1. The third kappa shape index (κ3) is 8.45. The number of hydrogen-bond donors (Lipinski definition) is 0. The van der Waals surface area contributed by atoms with E-state index in [-0.39, 0.29) is 5.69 Å². The van der Waals surface area contributed by atoms with Gasteiger partial charge in [-0.15, -0.1) is 0 Å². The summed E-state index contributed by atoms with van der Waals surface area (Å²) < 4.78 is 33.0. The van der Waals surface area contributed by atoms with Crippen molar-refractivity contribution in [3.8, 4) is 0 Å². The molecule has 0 bridgehead atoms. The molecule has 7 heteroatoms. The molecule has 0 amide bonds. The Balaban J connectivity index is 2.36. The van der Waals surface area contributed by atoms with Gasteiger partial charge in [-0.3, -0.25) is 10.1 Å². The Kier molecular flexibility index (Phi) is 9.67. The third-order valence-electron chi connectivity index (χ3n) is 4.34. The lowest BCUT2D eigenvalue weighted by Gasteiger charge is -2.09. The number of rotatable bonds is 13. The SMILES string of the molecule is CCCCCCCCCCCCc1ccc(S(=O)(=O)[O-])cc1[N+](=O)[O-]. The van der Waals surface area contributed by atoms with Crippen LogP contribution in [0.4, 0.5) is 5.69 Å². The first kappa shape index (κ1) is 21.6. The van der Waals surface area contributed by atoms with Crippen molar-refractivity contribution in [1.29, 1.82) is 0 Å². The molecule has 0 atom stereocenters. The minimum Gasteiger partial charge on any atom is -0.744 e. The Labute approximate surface area is 150 Å². The zero-order chi connectivity index (χ0) is 18.7. The average molecular weight is 370 g/mol. The maximum absolute atomic E-state index is 11.1. The van der Waals surface area contributed by atoms with Gasteiger partial charge in [0.15, 0.2) is 0 Å². The van der Waals surface area contributed by atoms with Crippen molar-refractivity contribution < 1.29 is 17.9 Å². The van der Waals surface area contributed by atoms with Crippen LogP contribution in [0.1, 0.15) is 76.7 Å². The van der Waals surface area contributed by atoms with E-state index in [9.17, 15) is 23.1 Å². The fraction of sp³-hybridized carbons (Fsp3) is 0.667. The number of nitro groups is 1. The summed E-state index contributed by atoms with van der Waals surface area (Å²) in [4.78, 5) is 9.92. The number of benzene rings is 1. The van der Waals surface area contributed by atoms with Crippen molar-refractivity contribution in [2.24, 2.45) is 0 Å². The molecular weight excluding hydrogens is 342 g/mol. The summed E-state index contributed by atoms with van der Waals surface area (Å²) in [6.07, 6.45) is 12.3. The molecule has 0 saturated heterocycles. The van der Waals surface area contributed by atoms with Crippen molar-refractivity contribution in [3.63, 3.8) is 0 Å². The summed E-state index contributed by atoms with van der Waals surface area (Å²) in [5.41, 5.74) is 0.199. The summed E-state index contributed by atoms with van der Waals surface area (Å²) in [7, 11) is -4.67. The molecule has 0 fully saturated rings. The van der Waals surface area contributed by atoms with Crippen LogP contribution in [0.2, 0.25) is 0 Å². The molecular formula is C18H28NO5S-. The van der Waals surface area contributed by atoms with Gasteiger partial charge < -0.3 is 4.55 Å². The Morgan fingerprint density at radius 3 is 1.92 bits per heavy atom. The molecule has 6 nitrogen and oxygen atoms in total. The van der Waals surface area contributed by atoms with E-state index in [2.05, 4.69) is 6.92 Å². The summed E-state index contributed by atoms with van der Waals surface area (Å²) in [5, 5.41) is 11.1. The predicted molar refractivity (Wildman–Crippen MR) is 96.6 cm³/mol. The normalized spacial score (nSPS) is 11.6. The molecule has 0 heterocycles. The van der Waals surface area contributed by atoms with E-state index in [1.807, 2.05) is 0 Å². The zero-order valence-corrected chi connectivity index (χ0v) is 15.7. The smallest absolute Gasteiger partial charge is 0.273 e. The summed E-state index contributed by atoms with van der Waals surface area (Å²) >= 11 is 0. The number of hydrogen-bond acceptors (Lipinski definition) is 5. The number of aryl methyl sites for hydroxylation is 1. The molecule has 0 unspecified atom stereocenters. The molecule has 0 N–H and O–H groups in total. The van der Waals surface area contributed by atoms with Gasteiger partial charge in [-0.2, -0.15) is 0 Å². The first-order valence-corrected chi connectivity index (χ1v) is 10.5. The van der Waals surface area contributed by atoms with E-state index in [0.717, 1.165) is 31.4 Å². The highest BCUT2D eigenvalue weighted by Crippen LogP contribution is 2.25. The molecule has 0 saturated carbocycles.